The molecule has 2 aromatic rings. The molecule has 0 bridgehead atoms. The van der Waals surface area contributed by atoms with Crippen molar-refractivity contribution < 1.29 is 28.6 Å². The summed E-state index contributed by atoms with van der Waals surface area (Å²) in [6, 6.07) is 5.94. The minimum absolute atomic E-state index is 0.0212. The van der Waals surface area contributed by atoms with Crippen molar-refractivity contribution in [3.8, 4) is 0 Å². The smallest absolute Gasteiger partial charge is 0.342 e. The Bertz CT molecular complexity index is 718. The van der Waals surface area contributed by atoms with E-state index < -0.39 is 17.8 Å². The number of aromatic carboxylic acids is 1. The topological polar surface area (TPSA) is 106 Å². The molecule has 0 saturated heterocycles. The van der Waals surface area contributed by atoms with Crippen LogP contribution in [-0.4, -0.2) is 29.6 Å². The minimum Gasteiger partial charge on any atom is -0.478 e. The first-order valence-corrected chi connectivity index (χ1v) is 6.41. The zero-order valence-corrected chi connectivity index (χ0v) is 11.7. The van der Waals surface area contributed by atoms with Crippen molar-refractivity contribution in [3.05, 3.63) is 53.5 Å². The normalized spacial score (nSPS) is 10.0. The third-order valence-electron chi connectivity index (χ3n) is 2.81. The number of hydrogen-bond donors (Lipinski definition) is 2. The number of rotatable bonds is 5. The first-order valence-electron chi connectivity index (χ1n) is 6.41. The maximum absolute atomic E-state index is 12.2. The van der Waals surface area contributed by atoms with Crippen LogP contribution in [0.2, 0.25) is 0 Å². The van der Waals surface area contributed by atoms with Crippen molar-refractivity contribution in [2.45, 2.75) is 6.92 Å². The van der Waals surface area contributed by atoms with Gasteiger partial charge in [0.25, 0.3) is 5.91 Å². The Kier molecular flexibility index (Phi) is 4.57. The summed E-state index contributed by atoms with van der Waals surface area (Å²) in [5.74, 6) is -2.52. The number of furan rings is 1. The van der Waals surface area contributed by atoms with E-state index in [0.29, 0.717) is 0 Å². The molecule has 1 heterocycles. The molecule has 1 amide bonds. The summed E-state index contributed by atoms with van der Waals surface area (Å²) in [4.78, 5) is 35.0. The lowest BCUT2D eigenvalue weighted by atomic mass is 10.1. The number of hydrogen-bond acceptors (Lipinski definition) is 5. The summed E-state index contributed by atoms with van der Waals surface area (Å²) in [5, 5.41) is 11.5. The number of ether oxygens (including phenoxy) is 1. The van der Waals surface area contributed by atoms with E-state index in [4.69, 9.17) is 14.3 Å². The first-order chi connectivity index (χ1) is 10.5. The number of carboxylic acids is 1. The molecule has 2 rings (SSSR count). The summed E-state index contributed by atoms with van der Waals surface area (Å²) in [5.41, 5.74) is 0.0128. The van der Waals surface area contributed by atoms with Crippen molar-refractivity contribution in [2.24, 2.45) is 0 Å². The molecule has 0 fully saturated rings. The van der Waals surface area contributed by atoms with E-state index in [2.05, 4.69) is 5.32 Å². The molecule has 7 nitrogen and oxygen atoms in total. The summed E-state index contributed by atoms with van der Waals surface area (Å²) in [7, 11) is 0. The quantitative estimate of drug-likeness (QED) is 0.822. The molecular formula is C15H13NO6. The molecule has 0 atom stereocenters. The van der Waals surface area contributed by atoms with Crippen LogP contribution >= 0.6 is 0 Å². The SMILES string of the molecule is CCOC(=O)c1cocc1C(=O)Nc1ccccc1C(=O)O. The highest BCUT2D eigenvalue weighted by Gasteiger charge is 2.22. The second kappa shape index (κ2) is 6.57. The van der Waals surface area contributed by atoms with Gasteiger partial charge >= 0.3 is 11.9 Å². The first kappa shape index (κ1) is 15.3. The molecule has 7 heteroatoms. The minimum atomic E-state index is -1.17. The van der Waals surface area contributed by atoms with Crippen LogP contribution in [0.5, 0.6) is 0 Å². The lowest BCUT2D eigenvalue weighted by Gasteiger charge is -2.08. The van der Waals surface area contributed by atoms with Gasteiger partial charge in [0.1, 0.15) is 18.1 Å². The fourth-order valence-electron chi connectivity index (χ4n) is 1.81. The number of benzene rings is 1. The van der Waals surface area contributed by atoms with E-state index in [1.807, 2.05) is 0 Å². The molecule has 2 N–H and O–H groups in total. The maximum atomic E-state index is 12.2. The Hall–Kier alpha value is -3.09. The van der Waals surface area contributed by atoms with Crippen LogP contribution in [0, 0.1) is 0 Å². The monoisotopic (exact) mass is 303 g/mol. The highest BCUT2D eigenvalue weighted by atomic mass is 16.5. The third kappa shape index (κ3) is 3.14. The van der Waals surface area contributed by atoms with E-state index in [1.165, 1.54) is 12.1 Å². The van der Waals surface area contributed by atoms with E-state index in [0.717, 1.165) is 12.5 Å². The van der Waals surface area contributed by atoms with Gasteiger partial charge in [0.2, 0.25) is 0 Å². The van der Waals surface area contributed by atoms with Gasteiger partial charge in [-0.15, -0.1) is 0 Å². The van der Waals surface area contributed by atoms with Crippen molar-refractivity contribution in [2.75, 3.05) is 11.9 Å². The van der Waals surface area contributed by atoms with Crippen LogP contribution in [0.4, 0.5) is 5.69 Å². The number of amides is 1. The van der Waals surface area contributed by atoms with Gasteiger partial charge in [0.15, 0.2) is 0 Å². The van der Waals surface area contributed by atoms with Gasteiger partial charge in [-0.1, -0.05) is 12.1 Å². The van der Waals surface area contributed by atoms with Gasteiger partial charge in [-0.05, 0) is 19.1 Å². The summed E-state index contributed by atoms with van der Waals surface area (Å²) in [6.45, 7) is 1.80. The molecule has 1 aromatic heterocycles. The van der Waals surface area contributed by atoms with Gasteiger partial charge in [0, 0.05) is 0 Å². The second-order valence-corrected chi connectivity index (χ2v) is 4.22. The lowest BCUT2D eigenvalue weighted by molar-refractivity contribution is 0.0522. The Morgan fingerprint density at radius 1 is 1.14 bits per heavy atom. The largest absolute Gasteiger partial charge is 0.478 e. The summed E-state index contributed by atoms with van der Waals surface area (Å²) in [6.07, 6.45) is 2.21. The Balaban J connectivity index is 2.26. The van der Waals surface area contributed by atoms with Crippen LogP contribution in [0.25, 0.3) is 0 Å². The lowest BCUT2D eigenvalue weighted by Crippen LogP contribution is -2.17. The molecule has 22 heavy (non-hydrogen) atoms. The fraction of sp³-hybridized carbons (Fsp3) is 0.133. The zero-order chi connectivity index (χ0) is 16.1. The van der Waals surface area contributed by atoms with E-state index in [-0.39, 0.29) is 29.0 Å². The Morgan fingerprint density at radius 3 is 2.50 bits per heavy atom. The van der Waals surface area contributed by atoms with Crippen LogP contribution in [0.1, 0.15) is 38.0 Å². The van der Waals surface area contributed by atoms with Crippen LogP contribution in [0.3, 0.4) is 0 Å². The van der Waals surface area contributed by atoms with Crippen LogP contribution < -0.4 is 5.32 Å². The fourth-order valence-corrected chi connectivity index (χ4v) is 1.81. The summed E-state index contributed by atoms with van der Waals surface area (Å²) < 4.78 is 9.69. The predicted molar refractivity (Wildman–Crippen MR) is 76.0 cm³/mol. The molecule has 0 radical (unpaired) electrons. The van der Waals surface area contributed by atoms with Gasteiger partial charge in [-0.2, -0.15) is 0 Å². The number of carboxylic acid groups (broad SMARTS) is 1. The van der Waals surface area contributed by atoms with Gasteiger partial charge in [-0.3, -0.25) is 4.79 Å². The summed E-state index contributed by atoms with van der Waals surface area (Å²) >= 11 is 0. The molecule has 0 aliphatic carbocycles. The van der Waals surface area contributed by atoms with E-state index >= 15 is 0 Å². The van der Waals surface area contributed by atoms with E-state index in [1.54, 1.807) is 19.1 Å². The number of carbonyl (C=O) groups excluding carboxylic acids is 2. The molecule has 0 unspecified atom stereocenters. The van der Waals surface area contributed by atoms with Crippen molar-refractivity contribution >= 4 is 23.5 Å². The molecule has 114 valence electrons. The predicted octanol–water partition coefficient (Wildman–Crippen LogP) is 2.41. The van der Waals surface area contributed by atoms with Gasteiger partial charge in [-0.25, -0.2) is 9.59 Å². The average Bonchev–Trinajstić information content (AvgIpc) is 2.97. The maximum Gasteiger partial charge on any atom is 0.342 e. The molecule has 0 aliphatic rings. The second-order valence-electron chi connectivity index (χ2n) is 4.22. The molecule has 0 aliphatic heterocycles. The van der Waals surface area contributed by atoms with Crippen molar-refractivity contribution in [1.82, 2.24) is 0 Å². The highest BCUT2D eigenvalue weighted by Crippen LogP contribution is 2.18. The third-order valence-corrected chi connectivity index (χ3v) is 2.81. The van der Waals surface area contributed by atoms with Crippen molar-refractivity contribution in [1.29, 1.82) is 0 Å². The standard InChI is InChI=1S/C15H13NO6/c1-2-22-15(20)11-8-21-7-10(11)13(17)16-12-6-4-3-5-9(12)14(18)19/h3-8H,2H2,1H3,(H,16,17)(H,18,19). The average molecular weight is 303 g/mol. The Morgan fingerprint density at radius 2 is 1.82 bits per heavy atom. The number of esters is 1. The molecule has 0 saturated carbocycles. The molecule has 0 spiro atoms. The van der Waals surface area contributed by atoms with Crippen molar-refractivity contribution in [3.63, 3.8) is 0 Å². The number of carbonyl (C=O) groups is 3. The van der Waals surface area contributed by atoms with Gasteiger partial charge < -0.3 is 19.6 Å². The van der Waals surface area contributed by atoms with Crippen LogP contribution in [-0.2, 0) is 4.74 Å². The number of para-hydroxylation sites is 1. The Labute approximate surface area is 125 Å². The molecular weight excluding hydrogens is 290 g/mol. The molecule has 1 aromatic carbocycles. The van der Waals surface area contributed by atoms with Crippen LogP contribution in [0.15, 0.2) is 41.2 Å². The van der Waals surface area contributed by atoms with Gasteiger partial charge in [0.05, 0.1) is 23.4 Å². The van der Waals surface area contributed by atoms with E-state index in [9.17, 15) is 14.4 Å². The number of nitrogens with one attached hydrogen (secondary N) is 1. The zero-order valence-electron chi connectivity index (χ0n) is 11.7. The number of anilines is 1. The highest BCUT2D eigenvalue weighted by molar-refractivity contribution is 6.12.